The van der Waals surface area contributed by atoms with Gasteiger partial charge in [-0.25, -0.2) is 17.5 Å². The van der Waals surface area contributed by atoms with E-state index in [0.29, 0.717) is 18.8 Å². The largest absolute Gasteiger partial charge is 0.468 e. The molecular formula is C19H24FN5O4S. The van der Waals surface area contributed by atoms with Crippen molar-refractivity contribution >= 4 is 16.0 Å². The Labute approximate surface area is 174 Å². The standard InChI is InChI=1S/C19H24FN5O4S/c1-3-8-25-18(19(26)29-2)14-23(9-10-30(25,27)28)12-17-13-24(22-21-17)11-15-4-6-16(20)7-5-15/h3-7,13,18H,1,8-12,14H2,2H3. The molecule has 9 nitrogen and oxygen atoms in total. The van der Waals surface area contributed by atoms with E-state index in [9.17, 15) is 17.6 Å². The smallest absolute Gasteiger partial charge is 0.325 e. The van der Waals surface area contributed by atoms with Crippen molar-refractivity contribution < 1.29 is 22.3 Å². The maximum atomic E-state index is 13.0. The third kappa shape index (κ3) is 5.29. The fourth-order valence-corrected chi connectivity index (χ4v) is 4.91. The first-order chi connectivity index (χ1) is 14.3. The van der Waals surface area contributed by atoms with E-state index in [4.69, 9.17) is 4.74 Å². The summed E-state index contributed by atoms with van der Waals surface area (Å²) in [5, 5.41) is 8.22. The number of aromatic nitrogens is 3. The highest BCUT2D eigenvalue weighted by Gasteiger charge is 2.39. The van der Waals surface area contributed by atoms with Gasteiger partial charge in [0.15, 0.2) is 0 Å². The van der Waals surface area contributed by atoms with E-state index in [1.807, 2.05) is 4.90 Å². The second kappa shape index (κ2) is 9.45. The lowest BCUT2D eigenvalue weighted by Gasteiger charge is -2.27. The SMILES string of the molecule is C=CCN1C(C(=O)OC)CN(Cc2cn(Cc3ccc(F)cc3)nn2)CCS1(=O)=O. The first-order valence-corrected chi connectivity index (χ1v) is 11.0. The number of ether oxygens (including phenoxy) is 1. The molecule has 0 aliphatic carbocycles. The molecule has 162 valence electrons. The molecule has 30 heavy (non-hydrogen) atoms. The summed E-state index contributed by atoms with van der Waals surface area (Å²) >= 11 is 0. The molecule has 1 saturated heterocycles. The summed E-state index contributed by atoms with van der Waals surface area (Å²) < 4.78 is 45.9. The first kappa shape index (κ1) is 22.1. The number of benzene rings is 1. The van der Waals surface area contributed by atoms with Crippen LogP contribution in [0.3, 0.4) is 0 Å². The molecule has 2 heterocycles. The Balaban J connectivity index is 1.73. The Kier molecular flexibility index (Phi) is 6.95. The Morgan fingerprint density at radius 1 is 1.33 bits per heavy atom. The van der Waals surface area contributed by atoms with Crippen molar-refractivity contribution in [2.24, 2.45) is 0 Å². The zero-order valence-electron chi connectivity index (χ0n) is 16.6. The molecule has 2 aromatic rings. The number of nitrogens with zero attached hydrogens (tertiary/aromatic N) is 5. The summed E-state index contributed by atoms with van der Waals surface area (Å²) in [6.45, 7) is 4.79. The van der Waals surface area contributed by atoms with Gasteiger partial charge in [0.05, 0.1) is 31.3 Å². The number of hydrogen-bond donors (Lipinski definition) is 0. The van der Waals surface area contributed by atoms with Crippen LogP contribution in [-0.4, -0.2) is 77.1 Å². The highest BCUT2D eigenvalue weighted by molar-refractivity contribution is 7.89. The third-order valence-electron chi connectivity index (χ3n) is 4.81. The van der Waals surface area contributed by atoms with Gasteiger partial charge in [0.25, 0.3) is 0 Å². The Bertz CT molecular complexity index is 993. The van der Waals surface area contributed by atoms with Gasteiger partial charge in [0, 0.05) is 26.2 Å². The highest BCUT2D eigenvalue weighted by Crippen LogP contribution is 2.17. The molecule has 1 unspecified atom stereocenters. The summed E-state index contributed by atoms with van der Waals surface area (Å²) in [6, 6.07) is 5.14. The number of hydrogen-bond acceptors (Lipinski definition) is 7. The maximum absolute atomic E-state index is 13.0. The summed E-state index contributed by atoms with van der Waals surface area (Å²) in [5.41, 5.74) is 1.51. The molecule has 3 rings (SSSR count). The summed E-state index contributed by atoms with van der Waals surface area (Å²) in [6.07, 6.45) is 3.20. The van der Waals surface area contributed by atoms with Crippen LogP contribution in [0.4, 0.5) is 4.39 Å². The van der Waals surface area contributed by atoms with Gasteiger partial charge < -0.3 is 4.74 Å². The van der Waals surface area contributed by atoms with Gasteiger partial charge in [-0.2, -0.15) is 4.31 Å². The molecule has 1 aromatic heterocycles. The number of methoxy groups -OCH3 is 1. The Hall–Kier alpha value is -2.63. The molecule has 0 spiro atoms. The average molecular weight is 437 g/mol. The second-order valence-electron chi connectivity index (χ2n) is 6.98. The molecule has 0 radical (unpaired) electrons. The first-order valence-electron chi connectivity index (χ1n) is 9.36. The molecule has 0 amide bonds. The molecule has 1 aliphatic rings. The normalized spacial score (nSPS) is 19.9. The van der Waals surface area contributed by atoms with Crippen LogP contribution in [0.2, 0.25) is 0 Å². The van der Waals surface area contributed by atoms with Gasteiger partial charge in [-0.3, -0.25) is 9.69 Å². The summed E-state index contributed by atoms with van der Waals surface area (Å²) in [5.74, 6) is -1.05. The molecule has 1 aliphatic heterocycles. The predicted molar refractivity (Wildman–Crippen MR) is 107 cm³/mol. The van der Waals surface area contributed by atoms with Crippen molar-refractivity contribution in [2.45, 2.75) is 19.1 Å². The van der Waals surface area contributed by atoms with Crippen LogP contribution in [0.15, 0.2) is 43.1 Å². The van der Waals surface area contributed by atoms with Crippen LogP contribution < -0.4 is 0 Å². The Morgan fingerprint density at radius 2 is 2.07 bits per heavy atom. The number of carbonyl (C=O) groups is 1. The zero-order valence-corrected chi connectivity index (χ0v) is 17.5. The minimum Gasteiger partial charge on any atom is -0.468 e. The lowest BCUT2D eigenvalue weighted by atomic mass is 10.2. The molecule has 11 heteroatoms. The van der Waals surface area contributed by atoms with Gasteiger partial charge in [-0.05, 0) is 17.7 Å². The number of sulfonamides is 1. The van der Waals surface area contributed by atoms with Gasteiger partial charge in [0.2, 0.25) is 10.0 Å². The van der Waals surface area contributed by atoms with E-state index in [2.05, 4.69) is 16.9 Å². The Morgan fingerprint density at radius 3 is 2.73 bits per heavy atom. The van der Waals surface area contributed by atoms with Crippen molar-refractivity contribution in [2.75, 3.05) is 32.5 Å². The van der Waals surface area contributed by atoms with Crippen LogP contribution >= 0.6 is 0 Å². The maximum Gasteiger partial charge on any atom is 0.325 e. The van der Waals surface area contributed by atoms with Gasteiger partial charge in [-0.1, -0.05) is 23.4 Å². The molecule has 1 aromatic carbocycles. The number of rotatable bonds is 7. The van der Waals surface area contributed by atoms with Crippen molar-refractivity contribution in [1.82, 2.24) is 24.2 Å². The summed E-state index contributed by atoms with van der Waals surface area (Å²) in [7, 11) is -2.41. The van der Waals surface area contributed by atoms with Crippen molar-refractivity contribution in [1.29, 1.82) is 0 Å². The third-order valence-corrected chi connectivity index (χ3v) is 6.63. The minimum atomic E-state index is -3.64. The molecule has 0 saturated carbocycles. The lowest BCUT2D eigenvalue weighted by molar-refractivity contribution is -0.145. The minimum absolute atomic E-state index is 0.0315. The number of carbonyl (C=O) groups excluding carboxylic acids is 1. The van der Waals surface area contributed by atoms with Crippen LogP contribution in [-0.2, 0) is 32.6 Å². The summed E-state index contributed by atoms with van der Waals surface area (Å²) in [4.78, 5) is 14.1. The monoisotopic (exact) mass is 437 g/mol. The van der Waals surface area contributed by atoms with E-state index >= 15 is 0 Å². The number of esters is 1. The molecule has 0 N–H and O–H groups in total. The average Bonchev–Trinajstić information content (AvgIpc) is 3.11. The van der Waals surface area contributed by atoms with Crippen LogP contribution in [0.25, 0.3) is 0 Å². The van der Waals surface area contributed by atoms with E-state index in [1.54, 1.807) is 23.0 Å². The van der Waals surface area contributed by atoms with Crippen LogP contribution in [0, 0.1) is 5.82 Å². The predicted octanol–water partition coefficient (Wildman–Crippen LogP) is 0.640. The van der Waals surface area contributed by atoms with Gasteiger partial charge >= 0.3 is 5.97 Å². The quantitative estimate of drug-likeness (QED) is 0.463. The fourth-order valence-electron chi connectivity index (χ4n) is 3.32. The molecule has 1 atom stereocenters. The highest BCUT2D eigenvalue weighted by atomic mass is 32.2. The van der Waals surface area contributed by atoms with Crippen molar-refractivity contribution in [3.8, 4) is 0 Å². The zero-order chi connectivity index (χ0) is 21.7. The molecule has 0 bridgehead atoms. The van der Waals surface area contributed by atoms with Crippen LogP contribution in [0.1, 0.15) is 11.3 Å². The fraction of sp³-hybridized carbons (Fsp3) is 0.421. The van der Waals surface area contributed by atoms with E-state index in [0.717, 1.165) is 9.87 Å². The van der Waals surface area contributed by atoms with E-state index < -0.39 is 22.0 Å². The van der Waals surface area contributed by atoms with Crippen molar-refractivity contribution in [3.05, 3.63) is 60.2 Å². The lowest BCUT2D eigenvalue weighted by Crippen LogP contribution is -2.48. The van der Waals surface area contributed by atoms with E-state index in [1.165, 1.54) is 25.3 Å². The van der Waals surface area contributed by atoms with Crippen LogP contribution in [0.5, 0.6) is 0 Å². The van der Waals surface area contributed by atoms with E-state index in [-0.39, 0.29) is 31.2 Å². The molecular weight excluding hydrogens is 413 g/mol. The van der Waals surface area contributed by atoms with Gasteiger partial charge in [0.1, 0.15) is 11.9 Å². The topological polar surface area (TPSA) is 97.6 Å². The second-order valence-corrected chi connectivity index (χ2v) is 9.02. The molecule has 1 fully saturated rings. The van der Waals surface area contributed by atoms with Crippen molar-refractivity contribution in [3.63, 3.8) is 0 Å². The van der Waals surface area contributed by atoms with Gasteiger partial charge in [-0.15, -0.1) is 11.7 Å². The number of halogens is 1.